The monoisotopic (exact) mass is 242 g/mol. The molecule has 78 valence electrons. The summed E-state index contributed by atoms with van der Waals surface area (Å²) in [6, 6.07) is 6.90. The largest absolute Gasteiger partial charge is 0.356 e. The molecule has 0 spiro atoms. The quantitative estimate of drug-likeness (QED) is 0.881. The molecule has 5 heteroatoms. The van der Waals surface area contributed by atoms with Crippen LogP contribution in [-0.4, -0.2) is 5.16 Å². The Hall–Kier alpha value is -1.03. The molecule has 1 aromatic carbocycles. The maximum absolute atomic E-state index is 6.01. The van der Waals surface area contributed by atoms with Crippen LogP contribution in [-0.2, 0) is 6.54 Å². The lowest BCUT2D eigenvalue weighted by Crippen LogP contribution is -1.94. The van der Waals surface area contributed by atoms with Gasteiger partial charge in [0, 0.05) is 23.2 Å². The predicted octanol–water partition coefficient (Wildman–Crippen LogP) is 3.11. The summed E-state index contributed by atoms with van der Waals surface area (Å²) in [6.07, 6.45) is 0. The third kappa shape index (κ3) is 2.15. The van der Waals surface area contributed by atoms with E-state index < -0.39 is 0 Å². The molecule has 0 radical (unpaired) electrons. The van der Waals surface area contributed by atoms with Crippen molar-refractivity contribution < 1.29 is 4.52 Å². The van der Waals surface area contributed by atoms with Crippen molar-refractivity contribution in [2.45, 2.75) is 6.54 Å². The van der Waals surface area contributed by atoms with Crippen molar-refractivity contribution in [2.24, 2.45) is 5.73 Å². The highest BCUT2D eigenvalue weighted by Gasteiger charge is 2.10. The Morgan fingerprint density at radius 1 is 1.27 bits per heavy atom. The first-order valence-corrected chi connectivity index (χ1v) is 5.07. The molecule has 2 N–H and O–H groups in total. The van der Waals surface area contributed by atoms with Crippen LogP contribution >= 0.6 is 23.2 Å². The average Bonchev–Trinajstić information content (AvgIpc) is 2.70. The molecule has 0 aliphatic rings. The Bertz CT molecular complexity index is 482. The zero-order valence-electron chi connectivity index (χ0n) is 7.71. The van der Waals surface area contributed by atoms with Gasteiger partial charge >= 0.3 is 0 Å². The molecule has 0 saturated carbocycles. The third-order valence-corrected chi connectivity index (χ3v) is 2.53. The van der Waals surface area contributed by atoms with E-state index >= 15 is 0 Å². The second kappa shape index (κ2) is 4.23. The van der Waals surface area contributed by atoms with Crippen LogP contribution in [0.1, 0.15) is 5.69 Å². The summed E-state index contributed by atoms with van der Waals surface area (Å²) in [6.45, 7) is 0.335. The van der Waals surface area contributed by atoms with Crippen LogP contribution in [0.4, 0.5) is 0 Å². The molecule has 0 aliphatic carbocycles. The number of hydrogen-bond acceptors (Lipinski definition) is 3. The number of halogens is 2. The first-order chi connectivity index (χ1) is 7.20. The standard InChI is InChI=1S/C10H8Cl2N2O/c11-6-1-2-9(12)8(3-6)10-4-7(5-13)14-15-10/h1-4H,5,13H2. The Balaban J connectivity index is 2.48. The van der Waals surface area contributed by atoms with E-state index in [2.05, 4.69) is 5.16 Å². The molecule has 0 atom stereocenters. The number of benzene rings is 1. The molecule has 15 heavy (non-hydrogen) atoms. The molecular formula is C10H8Cl2N2O. The highest BCUT2D eigenvalue weighted by atomic mass is 35.5. The van der Waals surface area contributed by atoms with Gasteiger partial charge < -0.3 is 10.3 Å². The van der Waals surface area contributed by atoms with Crippen LogP contribution < -0.4 is 5.73 Å². The zero-order valence-corrected chi connectivity index (χ0v) is 9.22. The Morgan fingerprint density at radius 3 is 2.73 bits per heavy atom. The molecular weight excluding hydrogens is 235 g/mol. The van der Waals surface area contributed by atoms with Crippen LogP contribution in [0.3, 0.4) is 0 Å². The highest BCUT2D eigenvalue weighted by Crippen LogP contribution is 2.30. The minimum Gasteiger partial charge on any atom is -0.356 e. The highest BCUT2D eigenvalue weighted by molar-refractivity contribution is 6.35. The van der Waals surface area contributed by atoms with E-state index in [1.807, 2.05) is 0 Å². The van der Waals surface area contributed by atoms with E-state index in [0.717, 1.165) is 5.56 Å². The molecule has 1 heterocycles. The van der Waals surface area contributed by atoms with Crippen LogP contribution in [0.15, 0.2) is 28.8 Å². The molecule has 0 aliphatic heterocycles. The van der Waals surface area contributed by atoms with E-state index in [9.17, 15) is 0 Å². The van der Waals surface area contributed by atoms with Gasteiger partial charge in [0.2, 0.25) is 0 Å². The van der Waals surface area contributed by atoms with Gasteiger partial charge in [-0.1, -0.05) is 28.4 Å². The zero-order chi connectivity index (χ0) is 10.8. The molecule has 3 nitrogen and oxygen atoms in total. The van der Waals surface area contributed by atoms with E-state index in [4.69, 9.17) is 33.5 Å². The summed E-state index contributed by atoms with van der Waals surface area (Å²) < 4.78 is 5.10. The molecule has 0 amide bonds. The number of hydrogen-bond donors (Lipinski definition) is 1. The van der Waals surface area contributed by atoms with Gasteiger partial charge in [-0.05, 0) is 18.2 Å². The fourth-order valence-electron chi connectivity index (χ4n) is 1.22. The van der Waals surface area contributed by atoms with Crippen molar-refractivity contribution in [3.8, 4) is 11.3 Å². The number of aromatic nitrogens is 1. The molecule has 0 bridgehead atoms. The molecule has 1 aromatic heterocycles. The van der Waals surface area contributed by atoms with E-state index in [1.54, 1.807) is 24.3 Å². The summed E-state index contributed by atoms with van der Waals surface area (Å²) >= 11 is 11.9. The van der Waals surface area contributed by atoms with Gasteiger partial charge in [-0.2, -0.15) is 0 Å². The maximum atomic E-state index is 6.01. The molecule has 2 rings (SSSR count). The molecule has 2 aromatic rings. The second-order valence-electron chi connectivity index (χ2n) is 3.01. The summed E-state index contributed by atoms with van der Waals surface area (Å²) in [5, 5.41) is 4.95. The van der Waals surface area contributed by atoms with E-state index in [-0.39, 0.29) is 0 Å². The minimum atomic E-state index is 0.335. The summed E-state index contributed by atoms with van der Waals surface area (Å²) in [7, 11) is 0. The van der Waals surface area contributed by atoms with Crippen molar-refractivity contribution in [1.29, 1.82) is 0 Å². The number of nitrogens with zero attached hydrogens (tertiary/aromatic N) is 1. The lowest BCUT2D eigenvalue weighted by atomic mass is 10.1. The van der Waals surface area contributed by atoms with Gasteiger partial charge in [-0.3, -0.25) is 0 Å². The van der Waals surface area contributed by atoms with Crippen LogP contribution in [0.2, 0.25) is 10.0 Å². The van der Waals surface area contributed by atoms with Crippen molar-refractivity contribution >= 4 is 23.2 Å². The lowest BCUT2D eigenvalue weighted by molar-refractivity contribution is 0.424. The van der Waals surface area contributed by atoms with Gasteiger partial charge in [-0.15, -0.1) is 0 Å². The molecule has 0 unspecified atom stereocenters. The van der Waals surface area contributed by atoms with Gasteiger partial charge in [-0.25, -0.2) is 0 Å². The van der Waals surface area contributed by atoms with Gasteiger partial charge in [0.25, 0.3) is 0 Å². The van der Waals surface area contributed by atoms with Gasteiger partial charge in [0.05, 0.1) is 10.7 Å². The maximum Gasteiger partial charge on any atom is 0.168 e. The van der Waals surface area contributed by atoms with Crippen LogP contribution in [0.5, 0.6) is 0 Å². The summed E-state index contributed by atoms with van der Waals surface area (Å²) in [4.78, 5) is 0. The third-order valence-electron chi connectivity index (χ3n) is 1.96. The second-order valence-corrected chi connectivity index (χ2v) is 3.85. The number of nitrogens with two attached hydrogens (primary N) is 1. The van der Waals surface area contributed by atoms with Gasteiger partial charge in [0.1, 0.15) is 0 Å². The van der Waals surface area contributed by atoms with Crippen LogP contribution in [0, 0.1) is 0 Å². The summed E-state index contributed by atoms with van der Waals surface area (Å²) in [5.41, 5.74) is 6.83. The Labute approximate surface area is 96.8 Å². The lowest BCUT2D eigenvalue weighted by Gasteiger charge is -1.99. The van der Waals surface area contributed by atoms with Crippen molar-refractivity contribution in [2.75, 3.05) is 0 Å². The predicted molar refractivity (Wildman–Crippen MR) is 59.9 cm³/mol. The molecule has 0 fully saturated rings. The van der Waals surface area contributed by atoms with Crippen molar-refractivity contribution in [3.63, 3.8) is 0 Å². The van der Waals surface area contributed by atoms with E-state index in [1.165, 1.54) is 0 Å². The minimum absolute atomic E-state index is 0.335. The first-order valence-electron chi connectivity index (χ1n) is 4.32. The Kier molecular flexibility index (Phi) is 2.95. The smallest absolute Gasteiger partial charge is 0.168 e. The van der Waals surface area contributed by atoms with E-state index in [0.29, 0.717) is 28.0 Å². The van der Waals surface area contributed by atoms with Gasteiger partial charge in [0.15, 0.2) is 5.76 Å². The van der Waals surface area contributed by atoms with Crippen molar-refractivity contribution in [1.82, 2.24) is 5.16 Å². The van der Waals surface area contributed by atoms with Crippen molar-refractivity contribution in [3.05, 3.63) is 40.0 Å². The Morgan fingerprint density at radius 2 is 2.07 bits per heavy atom. The summed E-state index contributed by atoms with van der Waals surface area (Å²) in [5.74, 6) is 0.572. The topological polar surface area (TPSA) is 52.0 Å². The fourth-order valence-corrected chi connectivity index (χ4v) is 1.60. The molecule has 0 saturated heterocycles. The SMILES string of the molecule is NCc1cc(-c2cc(Cl)ccc2Cl)on1. The normalized spacial score (nSPS) is 10.6. The first kappa shape index (κ1) is 10.5. The van der Waals surface area contributed by atoms with Crippen LogP contribution in [0.25, 0.3) is 11.3 Å². The fraction of sp³-hybridized carbons (Fsp3) is 0.100. The number of rotatable bonds is 2. The average molecular weight is 243 g/mol.